The Hall–Kier alpha value is -1.97. The smallest absolute Gasteiger partial charge is 0.352 e. The topological polar surface area (TPSA) is 62.3 Å². The number of benzene rings is 1. The summed E-state index contributed by atoms with van der Waals surface area (Å²) in [5.74, 6) is -0.193. The largest absolute Gasteiger partial charge is 0.496 e. The summed E-state index contributed by atoms with van der Waals surface area (Å²) < 4.78 is 5.16. The van der Waals surface area contributed by atoms with Gasteiger partial charge in [-0.3, -0.25) is 0 Å². The molecule has 1 aromatic heterocycles. The summed E-state index contributed by atoms with van der Waals surface area (Å²) in [6.07, 6.45) is 0. The van der Waals surface area contributed by atoms with Crippen LogP contribution in [0.4, 0.5) is 0 Å². The number of H-pyrrole nitrogens is 1. The number of ether oxygens (including phenoxy) is 1. The van der Waals surface area contributed by atoms with E-state index in [-0.39, 0.29) is 5.69 Å². The number of aryl methyl sites for hydroxylation is 1. The van der Waals surface area contributed by atoms with E-state index in [2.05, 4.69) is 4.98 Å². The van der Waals surface area contributed by atoms with Crippen LogP contribution in [0.2, 0.25) is 0 Å². The summed E-state index contributed by atoms with van der Waals surface area (Å²) in [6.45, 7) is 1.92. The maximum atomic E-state index is 10.7. The zero-order chi connectivity index (χ0) is 11.0. The molecule has 0 aliphatic heterocycles. The molecule has 2 aromatic rings. The van der Waals surface area contributed by atoms with Gasteiger partial charge in [-0.25, -0.2) is 4.79 Å². The highest BCUT2D eigenvalue weighted by molar-refractivity contribution is 5.94. The van der Waals surface area contributed by atoms with Gasteiger partial charge in [0.05, 0.1) is 7.11 Å². The van der Waals surface area contributed by atoms with Crippen molar-refractivity contribution in [1.29, 1.82) is 0 Å². The lowest BCUT2D eigenvalue weighted by Gasteiger charge is -2.03. The number of carboxylic acid groups (broad SMARTS) is 1. The van der Waals surface area contributed by atoms with Crippen LogP contribution in [-0.4, -0.2) is 23.2 Å². The van der Waals surface area contributed by atoms with Gasteiger partial charge >= 0.3 is 5.97 Å². The number of rotatable bonds is 2. The standard InChI is InChI=1S/C11H11NO3/c1-6-3-8-7(5-10(6)15-2)4-9(12-8)11(13)14/h3-5,12H,1-2H3,(H,13,14). The van der Waals surface area contributed by atoms with Crippen LogP contribution >= 0.6 is 0 Å². The first-order valence-electron chi connectivity index (χ1n) is 4.52. The third kappa shape index (κ3) is 1.54. The van der Waals surface area contributed by atoms with Crippen LogP contribution in [-0.2, 0) is 0 Å². The molecular formula is C11H11NO3. The Balaban J connectivity index is 2.66. The molecule has 0 saturated heterocycles. The Morgan fingerprint density at radius 2 is 2.13 bits per heavy atom. The minimum Gasteiger partial charge on any atom is -0.496 e. The molecule has 0 aliphatic carbocycles. The molecule has 0 atom stereocenters. The minimum atomic E-state index is -0.956. The molecule has 4 heteroatoms. The number of carboxylic acids is 1. The van der Waals surface area contributed by atoms with Crippen molar-refractivity contribution in [3.05, 3.63) is 29.5 Å². The van der Waals surface area contributed by atoms with E-state index in [1.165, 1.54) is 0 Å². The molecular weight excluding hydrogens is 194 g/mol. The predicted octanol–water partition coefficient (Wildman–Crippen LogP) is 2.18. The molecule has 78 valence electrons. The zero-order valence-corrected chi connectivity index (χ0v) is 8.50. The van der Waals surface area contributed by atoms with Crippen molar-refractivity contribution in [1.82, 2.24) is 4.98 Å². The van der Waals surface area contributed by atoms with Crippen molar-refractivity contribution in [2.24, 2.45) is 0 Å². The average molecular weight is 205 g/mol. The van der Waals surface area contributed by atoms with E-state index in [9.17, 15) is 4.79 Å². The molecule has 0 radical (unpaired) electrons. The molecule has 0 spiro atoms. The number of hydrogen-bond acceptors (Lipinski definition) is 2. The van der Waals surface area contributed by atoms with Crippen LogP contribution < -0.4 is 4.74 Å². The van der Waals surface area contributed by atoms with E-state index >= 15 is 0 Å². The SMILES string of the molecule is COc1cc2cc(C(=O)O)[nH]c2cc1C. The highest BCUT2D eigenvalue weighted by atomic mass is 16.5. The molecule has 0 saturated carbocycles. The van der Waals surface area contributed by atoms with Crippen LogP contribution in [0.25, 0.3) is 10.9 Å². The van der Waals surface area contributed by atoms with Gasteiger partial charge in [-0.15, -0.1) is 0 Å². The number of carbonyl (C=O) groups is 1. The maximum absolute atomic E-state index is 10.7. The van der Waals surface area contributed by atoms with Crippen molar-refractivity contribution in [3.8, 4) is 5.75 Å². The quantitative estimate of drug-likeness (QED) is 0.789. The first kappa shape index (κ1) is 9.58. The Labute approximate surface area is 86.5 Å². The Morgan fingerprint density at radius 1 is 1.40 bits per heavy atom. The molecule has 0 unspecified atom stereocenters. The van der Waals surface area contributed by atoms with Crippen molar-refractivity contribution >= 4 is 16.9 Å². The number of aromatic nitrogens is 1. The van der Waals surface area contributed by atoms with E-state index in [4.69, 9.17) is 9.84 Å². The Kier molecular flexibility index (Phi) is 2.11. The molecule has 1 aromatic carbocycles. The fourth-order valence-electron chi connectivity index (χ4n) is 1.60. The van der Waals surface area contributed by atoms with Gasteiger partial charge in [0.1, 0.15) is 11.4 Å². The first-order valence-corrected chi connectivity index (χ1v) is 4.52. The Morgan fingerprint density at radius 3 is 2.73 bits per heavy atom. The lowest BCUT2D eigenvalue weighted by molar-refractivity contribution is 0.0691. The predicted molar refractivity (Wildman–Crippen MR) is 56.5 cm³/mol. The fraction of sp³-hybridized carbons (Fsp3) is 0.182. The lowest BCUT2D eigenvalue weighted by atomic mass is 10.1. The molecule has 2 N–H and O–H groups in total. The van der Waals surface area contributed by atoms with Crippen LogP contribution in [0.15, 0.2) is 18.2 Å². The highest BCUT2D eigenvalue weighted by Crippen LogP contribution is 2.25. The van der Waals surface area contributed by atoms with Gasteiger partial charge in [-0.1, -0.05) is 0 Å². The second-order valence-corrected chi connectivity index (χ2v) is 3.40. The van der Waals surface area contributed by atoms with Gasteiger partial charge in [-0.05, 0) is 30.7 Å². The van der Waals surface area contributed by atoms with Gasteiger partial charge < -0.3 is 14.8 Å². The number of methoxy groups -OCH3 is 1. The molecule has 0 bridgehead atoms. The number of fused-ring (bicyclic) bond motifs is 1. The number of hydrogen-bond donors (Lipinski definition) is 2. The molecule has 2 rings (SSSR count). The second-order valence-electron chi connectivity index (χ2n) is 3.40. The summed E-state index contributed by atoms with van der Waals surface area (Å²) in [7, 11) is 1.60. The maximum Gasteiger partial charge on any atom is 0.352 e. The van der Waals surface area contributed by atoms with Crippen LogP contribution in [0, 0.1) is 6.92 Å². The molecule has 0 fully saturated rings. The van der Waals surface area contributed by atoms with Gasteiger partial charge in [0.15, 0.2) is 0 Å². The number of nitrogens with one attached hydrogen (secondary N) is 1. The van der Waals surface area contributed by atoms with Crippen molar-refractivity contribution < 1.29 is 14.6 Å². The average Bonchev–Trinajstić information content (AvgIpc) is 2.59. The summed E-state index contributed by atoms with van der Waals surface area (Å²) in [6, 6.07) is 5.30. The van der Waals surface area contributed by atoms with Gasteiger partial charge in [0, 0.05) is 10.9 Å². The third-order valence-corrected chi connectivity index (χ3v) is 2.37. The number of aromatic carboxylic acids is 1. The van der Waals surface area contributed by atoms with Gasteiger partial charge in [0.2, 0.25) is 0 Å². The first-order chi connectivity index (χ1) is 7.11. The van der Waals surface area contributed by atoms with E-state index in [1.807, 2.05) is 19.1 Å². The van der Waals surface area contributed by atoms with Crippen molar-refractivity contribution in [2.75, 3.05) is 7.11 Å². The van der Waals surface area contributed by atoms with E-state index in [0.29, 0.717) is 0 Å². The van der Waals surface area contributed by atoms with Crippen molar-refractivity contribution in [2.45, 2.75) is 6.92 Å². The normalized spacial score (nSPS) is 10.5. The van der Waals surface area contributed by atoms with Gasteiger partial charge in [0.25, 0.3) is 0 Å². The summed E-state index contributed by atoms with van der Waals surface area (Å²) in [5.41, 5.74) is 1.98. The molecule has 15 heavy (non-hydrogen) atoms. The molecule has 1 heterocycles. The van der Waals surface area contributed by atoms with Crippen LogP contribution in [0.1, 0.15) is 16.1 Å². The van der Waals surface area contributed by atoms with Crippen LogP contribution in [0.5, 0.6) is 5.75 Å². The minimum absolute atomic E-state index is 0.192. The summed E-state index contributed by atoms with van der Waals surface area (Å²) in [5, 5.41) is 9.66. The third-order valence-electron chi connectivity index (χ3n) is 2.37. The monoisotopic (exact) mass is 205 g/mol. The fourth-order valence-corrected chi connectivity index (χ4v) is 1.60. The number of aromatic amines is 1. The molecule has 0 aliphatic rings. The van der Waals surface area contributed by atoms with E-state index in [0.717, 1.165) is 22.2 Å². The summed E-state index contributed by atoms with van der Waals surface area (Å²) >= 11 is 0. The lowest BCUT2D eigenvalue weighted by Crippen LogP contribution is -1.94. The second kappa shape index (κ2) is 3.31. The van der Waals surface area contributed by atoms with Crippen molar-refractivity contribution in [3.63, 3.8) is 0 Å². The molecule has 0 amide bonds. The molecule has 4 nitrogen and oxygen atoms in total. The Bertz CT molecular complexity index is 528. The highest BCUT2D eigenvalue weighted by Gasteiger charge is 2.09. The van der Waals surface area contributed by atoms with Crippen LogP contribution in [0.3, 0.4) is 0 Å². The summed E-state index contributed by atoms with van der Waals surface area (Å²) in [4.78, 5) is 13.6. The van der Waals surface area contributed by atoms with E-state index < -0.39 is 5.97 Å². The van der Waals surface area contributed by atoms with Gasteiger partial charge in [-0.2, -0.15) is 0 Å². The van der Waals surface area contributed by atoms with E-state index in [1.54, 1.807) is 13.2 Å². The zero-order valence-electron chi connectivity index (χ0n) is 8.50.